The quantitative estimate of drug-likeness (QED) is 0.899. The summed E-state index contributed by atoms with van der Waals surface area (Å²) in [6.07, 6.45) is 6.21. The highest BCUT2D eigenvalue weighted by atomic mass is 32.1. The third-order valence-electron chi connectivity index (χ3n) is 5.72. The predicted molar refractivity (Wildman–Crippen MR) is 101 cm³/mol. The van der Waals surface area contributed by atoms with Gasteiger partial charge < -0.3 is 10.2 Å². The van der Waals surface area contributed by atoms with E-state index in [-0.39, 0.29) is 11.8 Å². The van der Waals surface area contributed by atoms with Gasteiger partial charge in [0, 0.05) is 24.7 Å². The lowest BCUT2D eigenvalue weighted by atomic mass is 9.80. The van der Waals surface area contributed by atoms with E-state index in [4.69, 9.17) is 0 Å². The van der Waals surface area contributed by atoms with E-state index in [0.717, 1.165) is 48.4 Å². The largest absolute Gasteiger partial charge is 0.353 e. The van der Waals surface area contributed by atoms with E-state index in [2.05, 4.69) is 14.1 Å². The maximum absolute atomic E-state index is 13.0. The van der Waals surface area contributed by atoms with Gasteiger partial charge in [-0.3, -0.25) is 9.59 Å². The van der Waals surface area contributed by atoms with E-state index >= 15 is 0 Å². The maximum Gasteiger partial charge on any atom is 0.253 e. The van der Waals surface area contributed by atoms with Crippen molar-refractivity contribution in [1.29, 1.82) is 0 Å². The van der Waals surface area contributed by atoms with Crippen LogP contribution in [0.1, 0.15) is 55.8 Å². The molecule has 26 heavy (non-hydrogen) atoms. The molecule has 2 heterocycles. The first-order chi connectivity index (χ1) is 12.5. The Morgan fingerprint density at radius 1 is 1.19 bits per heavy atom. The second-order valence-electron chi connectivity index (χ2n) is 7.81. The molecule has 1 atom stereocenters. The van der Waals surface area contributed by atoms with Crippen molar-refractivity contribution in [3.05, 3.63) is 23.8 Å². The number of piperidine rings is 1. The van der Waals surface area contributed by atoms with Gasteiger partial charge >= 0.3 is 0 Å². The van der Waals surface area contributed by atoms with Crippen molar-refractivity contribution in [2.75, 3.05) is 13.1 Å². The maximum atomic E-state index is 13.0. The van der Waals surface area contributed by atoms with Gasteiger partial charge in [0.15, 0.2) is 0 Å². The number of amides is 2. The number of rotatable bonds is 3. The van der Waals surface area contributed by atoms with Crippen LogP contribution in [0, 0.1) is 5.41 Å². The Hall–Kier alpha value is -2.02. The molecule has 2 amide bonds. The molecule has 1 saturated heterocycles. The summed E-state index contributed by atoms with van der Waals surface area (Å²) in [5.41, 5.74) is 1.67. The lowest BCUT2D eigenvalue weighted by Gasteiger charge is -2.40. The average molecular weight is 372 g/mol. The van der Waals surface area contributed by atoms with Crippen LogP contribution in [0.5, 0.6) is 0 Å². The van der Waals surface area contributed by atoms with Gasteiger partial charge in [0.1, 0.15) is 11.0 Å². The molecule has 6 nitrogen and oxygen atoms in total. The minimum atomic E-state index is -0.511. The first kappa shape index (κ1) is 17.4. The molecule has 7 heteroatoms. The molecule has 2 aromatic rings. The van der Waals surface area contributed by atoms with Gasteiger partial charge in [-0.1, -0.05) is 12.8 Å². The molecule has 1 saturated carbocycles. The summed E-state index contributed by atoms with van der Waals surface area (Å²) in [5, 5.41) is 3.22. The van der Waals surface area contributed by atoms with E-state index in [1.807, 2.05) is 17.9 Å². The van der Waals surface area contributed by atoms with Crippen LogP contribution in [-0.4, -0.2) is 44.6 Å². The zero-order valence-corrected chi connectivity index (χ0v) is 15.8. The van der Waals surface area contributed by atoms with Gasteiger partial charge in [-0.05, 0) is 50.8 Å². The van der Waals surface area contributed by atoms with Crippen molar-refractivity contribution in [3.63, 3.8) is 0 Å². The topological polar surface area (TPSA) is 75.2 Å². The van der Waals surface area contributed by atoms with Gasteiger partial charge in [-0.2, -0.15) is 8.75 Å². The van der Waals surface area contributed by atoms with Gasteiger partial charge in [-0.25, -0.2) is 0 Å². The standard InChI is InChI=1S/C19H24N4O2S/c1-19(18(25)20-14-5-2-3-6-14)9-4-10-23(12-19)17(24)13-7-8-15-16(11-13)22-26-21-15/h7-8,11,14H,2-6,9-10,12H2,1H3,(H,20,25). The zero-order valence-electron chi connectivity index (χ0n) is 15.0. The predicted octanol–water partition coefficient (Wildman–Crippen LogP) is 2.99. The number of likely N-dealkylation sites (tertiary alicyclic amines) is 1. The van der Waals surface area contributed by atoms with Crippen LogP contribution < -0.4 is 5.32 Å². The molecular formula is C19H24N4O2S. The van der Waals surface area contributed by atoms with Crippen LogP contribution in [0.2, 0.25) is 0 Å². The van der Waals surface area contributed by atoms with E-state index < -0.39 is 5.41 Å². The van der Waals surface area contributed by atoms with Gasteiger partial charge in [0.05, 0.1) is 17.1 Å². The number of nitrogens with one attached hydrogen (secondary N) is 1. The lowest BCUT2D eigenvalue weighted by molar-refractivity contribution is -0.133. The third-order valence-corrected chi connectivity index (χ3v) is 6.28. The molecule has 2 aliphatic rings. The molecule has 0 bridgehead atoms. The molecule has 4 rings (SSSR count). The van der Waals surface area contributed by atoms with Crippen LogP contribution in [0.3, 0.4) is 0 Å². The summed E-state index contributed by atoms with van der Waals surface area (Å²) in [5.74, 6) is 0.0699. The molecule has 1 aliphatic heterocycles. The minimum Gasteiger partial charge on any atom is -0.353 e. The van der Waals surface area contributed by atoms with Crippen molar-refractivity contribution in [3.8, 4) is 0 Å². The second-order valence-corrected chi connectivity index (χ2v) is 8.34. The molecule has 1 unspecified atom stereocenters. The molecule has 1 aliphatic carbocycles. The molecule has 138 valence electrons. The molecular weight excluding hydrogens is 348 g/mol. The molecule has 1 N–H and O–H groups in total. The normalized spacial score (nSPS) is 24.1. The van der Waals surface area contributed by atoms with Crippen molar-refractivity contribution < 1.29 is 9.59 Å². The van der Waals surface area contributed by atoms with Crippen molar-refractivity contribution in [2.45, 2.75) is 51.5 Å². The highest BCUT2D eigenvalue weighted by molar-refractivity contribution is 7.00. The number of nitrogens with zero attached hydrogens (tertiary/aromatic N) is 3. The fraction of sp³-hybridized carbons (Fsp3) is 0.579. The van der Waals surface area contributed by atoms with Gasteiger partial charge in [-0.15, -0.1) is 0 Å². The highest BCUT2D eigenvalue weighted by Crippen LogP contribution is 2.32. The SMILES string of the molecule is CC1(C(=O)NC2CCCC2)CCCN(C(=O)c2ccc3nsnc3c2)C1. The van der Waals surface area contributed by atoms with Crippen molar-refractivity contribution in [2.24, 2.45) is 5.41 Å². The minimum absolute atomic E-state index is 0.0282. The summed E-state index contributed by atoms with van der Waals surface area (Å²) in [7, 11) is 0. The number of carbonyl (C=O) groups excluding carboxylic acids is 2. The molecule has 0 radical (unpaired) electrons. The highest BCUT2D eigenvalue weighted by Gasteiger charge is 2.40. The summed E-state index contributed by atoms with van der Waals surface area (Å²) < 4.78 is 8.40. The van der Waals surface area contributed by atoms with Gasteiger partial charge in [0.2, 0.25) is 5.91 Å². The van der Waals surface area contributed by atoms with E-state index in [1.54, 1.807) is 12.1 Å². The Morgan fingerprint density at radius 2 is 1.96 bits per heavy atom. The van der Waals surface area contributed by atoms with Crippen LogP contribution in [0.4, 0.5) is 0 Å². The number of benzene rings is 1. The Labute approximate surface area is 157 Å². The van der Waals surface area contributed by atoms with E-state index in [9.17, 15) is 9.59 Å². The smallest absolute Gasteiger partial charge is 0.253 e. The number of aromatic nitrogens is 2. The van der Waals surface area contributed by atoms with Crippen LogP contribution >= 0.6 is 11.7 Å². The summed E-state index contributed by atoms with van der Waals surface area (Å²) in [6, 6.07) is 5.75. The average Bonchev–Trinajstić information content (AvgIpc) is 3.31. The molecule has 1 aromatic carbocycles. The molecule has 2 fully saturated rings. The summed E-state index contributed by atoms with van der Waals surface area (Å²) in [6.45, 7) is 3.15. The van der Waals surface area contributed by atoms with E-state index in [1.165, 1.54) is 12.8 Å². The summed E-state index contributed by atoms with van der Waals surface area (Å²) >= 11 is 1.15. The Balaban J connectivity index is 1.48. The molecule has 1 aromatic heterocycles. The third kappa shape index (κ3) is 3.32. The van der Waals surface area contributed by atoms with E-state index in [0.29, 0.717) is 24.7 Å². The van der Waals surface area contributed by atoms with Crippen molar-refractivity contribution >= 4 is 34.6 Å². The second kappa shape index (κ2) is 6.95. The van der Waals surface area contributed by atoms with Crippen LogP contribution in [0.25, 0.3) is 11.0 Å². The zero-order chi connectivity index (χ0) is 18.1. The fourth-order valence-corrected chi connectivity index (χ4v) is 4.64. The van der Waals surface area contributed by atoms with Gasteiger partial charge in [0.25, 0.3) is 5.91 Å². The number of fused-ring (bicyclic) bond motifs is 1. The molecule has 0 spiro atoms. The fourth-order valence-electron chi connectivity index (χ4n) is 4.13. The number of carbonyl (C=O) groups is 2. The first-order valence-electron chi connectivity index (χ1n) is 9.38. The first-order valence-corrected chi connectivity index (χ1v) is 10.1. The van der Waals surface area contributed by atoms with Crippen LogP contribution in [0.15, 0.2) is 18.2 Å². The Kier molecular flexibility index (Phi) is 4.65. The van der Waals surface area contributed by atoms with Crippen LogP contribution in [-0.2, 0) is 4.79 Å². The summed E-state index contributed by atoms with van der Waals surface area (Å²) in [4.78, 5) is 27.6. The monoisotopic (exact) mass is 372 g/mol. The number of hydrogen-bond acceptors (Lipinski definition) is 5. The lowest BCUT2D eigenvalue weighted by Crippen LogP contribution is -2.53. The van der Waals surface area contributed by atoms with Crippen molar-refractivity contribution in [1.82, 2.24) is 19.0 Å². The Morgan fingerprint density at radius 3 is 2.77 bits per heavy atom. The number of hydrogen-bond donors (Lipinski definition) is 1. The Bertz CT molecular complexity index is 830.